The van der Waals surface area contributed by atoms with Gasteiger partial charge in [0, 0.05) is 27.7 Å². The van der Waals surface area contributed by atoms with Crippen LogP contribution in [0.2, 0.25) is 10.0 Å². The Labute approximate surface area is 193 Å². The van der Waals surface area contributed by atoms with E-state index >= 15 is 0 Å². The number of rotatable bonds is 3. The Hall–Kier alpha value is -3.03. The number of halogens is 2. The first-order chi connectivity index (χ1) is 14.9. The maximum atomic E-state index is 12.5. The second kappa shape index (κ2) is 7.53. The molecule has 9 heteroatoms. The van der Waals surface area contributed by atoms with Gasteiger partial charge in [-0.2, -0.15) is 0 Å². The summed E-state index contributed by atoms with van der Waals surface area (Å²) in [5, 5.41) is 0.320. The van der Waals surface area contributed by atoms with Crippen LogP contribution in [-0.4, -0.2) is 29.8 Å². The van der Waals surface area contributed by atoms with E-state index in [1.807, 2.05) is 0 Å². The van der Waals surface area contributed by atoms with Crippen molar-refractivity contribution in [1.82, 2.24) is 0 Å². The predicted molar refractivity (Wildman–Crippen MR) is 116 cm³/mol. The van der Waals surface area contributed by atoms with Crippen molar-refractivity contribution in [2.75, 3.05) is 0 Å². The molecule has 166 valence electrons. The molecule has 32 heavy (non-hydrogen) atoms. The van der Waals surface area contributed by atoms with E-state index in [-0.39, 0.29) is 32.7 Å². The normalized spacial score (nSPS) is 17.6. The van der Waals surface area contributed by atoms with Gasteiger partial charge < -0.3 is 18.9 Å². The Balaban J connectivity index is 1.85. The van der Waals surface area contributed by atoms with E-state index in [1.54, 1.807) is 39.8 Å². The molecule has 0 unspecified atom stereocenters. The third-order valence-corrected chi connectivity index (χ3v) is 5.32. The Morgan fingerprint density at radius 2 is 1.16 bits per heavy atom. The SMILES string of the molecule is CC1(C)OC(=O)c2cc(C(=CC=O)c3cc(Cl)c4c(c3)C(=O)OC(C)(C)O4)cc(Cl)c2O1. The largest absolute Gasteiger partial charge is 0.450 e. The number of allylic oxidation sites excluding steroid dienone is 1. The highest BCUT2D eigenvalue weighted by atomic mass is 35.5. The highest BCUT2D eigenvalue weighted by Crippen LogP contribution is 2.43. The van der Waals surface area contributed by atoms with Crippen LogP contribution in [0.25, 0.3) is 5.57 Å². The third kappa shape index (κ3) is 3.94. The number of carbonyl (C=O) groups is 3. The van der Waals surface area contributed by atoms with Gasteiger partial charge in [-0.25, -0.2) is 9.59 Å². The molecule has 0 spiro atoms. The van der Waals surface area contributed by atoms with Gasteiger partial charge in [0.05, 0.1) is 10.0 Å². The fourth-order valence-electron chi connectivity index (χ4n) is 3.53. The quantitative estimate of drug-likeness (QED) is 0.341. The molecule has 0 aromatic heterocycles. The van der Waals surface area contributed by atoms with Crippen LogP contribution in [0, 0.1) is 0 Å². The maximum Gasteiger partial charge on any atom is 0.345 e. The summed E-state index contributed by atoms with van der Waals surface area (Å²) in [6, 6.07) is 6.10. The van der Waals surface area contributed by atoms with Crippen LogP contribution in [0.15, 0.2) is 30.3 Å². The zero-order chi connectivity index (χ0) is 23.4. The number of fused-ring (bicyclic) bond motifs is 2. The molecule has 0 radical (unpaired) electrons. The van der Waals surface area contributed by atoms with E-state index in [9.17, 15) is 14.4 Å². The van der Waals surface area contributed by atoms with Crippen LogP contribution in [0.1, 0.15) is 59.5 Å². The Morgan fingerprint density at radius 1 is 0.750 bits per heavy atom. The molecule has 2 aromatic rings. The lowest BCUT2D eigenvalue weighted by Gasteiger charge is -2.33. The molecule has 0 saturated heterocycles. The van der Waals surface area contributed by atoms with E-state index in [0.29, 0.717) is 23.0 Å². The van der Waals surface area contributed by atoms with E-state index in [1.165, 1.54) is 18.2 Å². The number of benzene rings is 2. The first kappa shape index (κ1) is 22.2. The smallest absolute Gasteiger partial charge is 0.345 e. The molecule has 2 aromatic carbocycles. The van der Waals surface area contributed by atoms with Crippen LogP contribution in [0.5, 0.6) is 11.5 Å². The molecule has 4 rings (SSSR count). The van der Waals surface area contributed by atoms with Crippen molar-refractivity contribution in [2.45, 2.75) is 39.3 Å². The molecular formula is C23H18Cl2O7. The number of esters is 2. The van der Waals surface area contributed by atoms with E-state index < -0.39 is 23.5 Å². The molecule has 7 nitrogen and oxygen atoms in total. The highest BCUT2D eigenvalue weighted by molar-refractivity contribution is 6.33. The van der Waals surface area contributed by atoms with Gasteiger partial charge in [0.1, 0.15) is 17.4 Å². The second-order valence-electron chi connectivity index (χ2n) is 8.17. The van der Waals surface area contributed by atoms with Gasteiger partial charge in [0.2, 0.25) is 11.6 Å². The molecule has 2 aliphatic heterocycles. The topological polar surface area (TPSA) is 88.1 Å². The Bertz CT molecular complexity index is 1120. The van der Waals surface area contributed by atoms with E-state index in [0.717, 1.165) is 0 Å². The highest BCUT2D eigenvalue weighted by Gasteiger charge is 2.37. The fourth-order valence-corrected chi connectivity index (χ4v) is 4.04. The van der Waals surface area contributed by atoms with Crippen molar-refractivity contribution in [3.63, 3.8) is 0 Å². The third-order valence-electron chi connectivity index (χ3n) is 4.76. The van der Waals surface area contributed by atoms with E-state index in [2.05, 4.69) is 0 Å². The molecule has 0 amide bonds. The number of hydrogen-bond acceptors (Lipinski definition) is 7. The molecule has 0 saturated carbocycles. The van der Waals surface area contributed by atoms with Gasteiger partial charge in [-0.3, -0.25) is 4.79 Å². The van der Waals surface area contributed by atoms with Crippen LogP contribution >= 0.6 is 23.2 Å². The molecule has 0 N–H and O–H groups in total. The van der Waals surface area contributed by atoms with Gasteiger partial charge >= 0.3 is 11.9 Å². The summed E-state index contributed by atoms with van der Waals surface area (Å²) in [6.45, 7) is 6.36. The summed E-state index contributed by atoms with van der Waals surface area (Å²) in [5.74, 6) is -3.20. The lowest BCUT2D eigenvalue weighted by atomic mass is 9.93. The number of aldehydes is 1. The summed E-state index contributed by atoms with van der Waals surface area (Å²) in [7, 11) is 0. The van der Waals surface area contributed by atoms with Crippen molar-refractivity contribution < 1.29 is 33.3 Å². The molecular weight excluding hydrogens is 459 g/mol. The number of cyclic esters (lactones) is 2. The summed E-state index contributed by atoms with van der Waals surface area (Å²) in [4.78, 5) is 36.5. The monoisotopic (exact) mass is 476 g/mol. The average Bonchev–Trinajstić information content (AvgIpc) is 2.66. The van der Waals surface area contributed by atoms with Gasteiger partial charge in [-0.1, -0.05) is 23.2 Å². The average molecular weight is 477 g/mol. The number of carbonyl (C=O) groups excluding carboxylic acids is 3. The first-order valence-corrected chi connectivity index (χ1v) is 10.3. The molecule has 0 bridgehead atoms. The van der Waals surface area contributed by atoms with Crippen LogP contribution in [0.3, 0.4) is 0 Å². The number of hydrogen-bond donors (Lipinski definition) is 0. The van der Waals surface area contributed by atoms with Gasteiger partial charge in [0.25, 0.3) is 0 Å². The maximum absolute atomic E-state index is 12.5. The van der Waals surface area contributed by atoms with Crippen LogP contribution < -0.4 is 9.47 Å². The van der Waals surface area contributed by atoms with Crippen molar-refractivity contribution >= 4 is 47.0 Å². The minimum absolute atomic E-state index is 0.108. The molecule has 2 heterocycles. The van der Waals surface area contributed by atoms with E-state index in [4.69, 9.17) is 42.1 Å². The predicted octanol–water partition coefficient (Wildman–Crippen LogP) is 5.19. The van der Waals surface area contributed by atoms with Gasteiger partial charge in [-0.15, -0.1) is 0 Å². The van der Waals surface area contributed by atoms with Crippen LogP contribution in [0.4, 0.5) is 0 Å². The fraction of sp³-hybridized carbons (Fsp3) is 0.261. The van der Waals surface area contributed by atoms with Crippen molar-refractivity contribution in [3.05, 3.63) is 62.6 Å². The summed E-state index contributed by atoms with van der Waals surface area (Å²) < 4.78 is 21.9. The number of ether oxygens (including phenoxy) is 4. The summed E-state index contributed by atoms with van der Waals surface area (Å²) >= 11 is 12.8. The van der Waals surface area contributed by atoms with Crippen LogP contribution in [-0.2, 0) is 14.3 Å². The molecule has 2 aliphatic rings. The van der Waals surface area contributed by atoms with Gasteiger partial charge in [0.15, 0.2) is 11.5 Å². The Morgan fingerprint density at radius 3 is 1.53 bits per heavy atom. The zero-order valence-corrected chi connectivity index (χ0v) is 19.1. The molecule has 0 fully saturated rings. The van der Waals surface area contributed by atoms with Crippen molar-refractivity contribution in [2.24, 2.45) is 0 Å². The lowest BCUT2D eigenvalue weighted by Crippen LogP contribution is -2.39. The summed E-state index contributed by atoms with van der Waals surface area (Å²) in [5.41, 5.74) is 1.42. The summed E-state index contributed by atoms with van der Waals surface area (Å²) in [6.07, 6.45) is 1.85. The first-order valence-electron chi connectivity index (χ1n) is 9.59. The Kier molecular flexibility index (Phi) is 5.22. The van der Waals surface area contributed by atoms with Gasteiger partial charge in [-0.05, 0) is 47.0 Å². The lowest BCUT2D eigenvalue weighted by molar-refractivity contribution is -0.128. The minimum Gasteiger partial charge on any atom is -0.450 e. The van der Waals surface area contributed by atoms with Crippen molar-refractivity contribution in [3.8, 4) is 11.5 Å². The molecule has 0 atom stereocenters. The molecule has 0 aliphatic carbocycles. The second-order valence-corrected chi connectivity index (χ2v) is 8.98. The minimum atomic E-state index is -1.17. The van der Waals surface area contributed by atoms with Crippen molar-refractivity contribution in [1.29, 1.82) is 0 Å². The standard InChI is InChI=1S/C23H18Cl2O7/c1-22(2)29-18-14(20(27)31-22)7-11(9-16(18)24)13(5-6-26)12-8-15-19(17(25)10-12)30-23(3,4)32-21(15)28/h5-10H,1-4H3. The zero-order valence-electron chi connectivity index (χ0n) is 17.6.